The van der Waals surface area contributed by atoms with Gasteiger partial charge in [0.25, 0.3) is 5.91 Å². The molecule has 1 unspecified atom stereocenters. The number of nitrogens with zero attached hydrogens (tertiary/aromatic N) is 3. The Bertz CT molecular complexity index is 867. The van der Waals surface area contributed by atoms with E-state index in [0.717, 1.165) is 29.7 Å². The molecule has 0 radical (unpaired) electrons. The smallest absolute Gasteiger partial charge is 0.267 e. The number of carbonyl (C=O) groups excluding carboxylic acids is 1. The average molecular weight is 412 g/mol. The van der Waals surface area contributed by atoms with Gasteiger partial charge in [0.1, 0.15) is 0 Å². The van der Waals surface area contributed by atoms with Crippen LogP contribution in [0.5, 0.6) is 0 Å². The quantitative estimate of drug-likeness (QED) is 0.568. The van der Waals surface area contributed by atoms with E-state index in [2.05, 4.69) is 35.3 Å². The van der Waals surface area contributed by atoms with E-state index in [9.17, 15) is 4.79 Å². The maximum absolute atomic E-state index is 12.6. The van der Waals surface area contributed by atoms with Crippen molar-refractivity contribution >= 4 is 11.6 Å². The lowest BCUT2D eigenvalue weighted by molar-refractivity contribution is -0.118. The number of ether oxygens (including phenoxy) is 1. The molecule has 7 heteroatoms. The molecule has 0 aliphatic rings. The summed E-state index contributed by atoms with van der Waals surface area (Å²) in [6.45, 7) is 13.1. The lowest BCUT2D eigenvalue weighted by atomic mass is 10.1. The highest BCUT2D eigenvalue weighted by Crippen LogP contribution is 2.20. The molecule has 2 rings (SSSR count). The first-order valence-corrected chi connectivity index (χ1v) is 10.3. The van der Waals surface area contributed by atoms with E-state index in [1.54, 1.807) is 36.2 Å². The second-order valence-corrected chi connectivity index (χ2v) is 6.59. The molecule has 0 spiro atoms. The zero-order chi connectivity index (χ0) is 22.5. The molecule has 162 valence electrons. The van der Waals surface area contributed by atoms with Gasteiger partial charge in [-0.25, -0.2) is 0 Å². The normalized spacial score (nSPS) is 10.9. The van der Waals surface area contributed by atoms with Crippen LogP contribution in [0.4, 0.5) is 5.69 Å². The average Bonchev–Trinajstić information content (AvgIpc) is 3.23. The topological polar surface area (TPSA) is 92.0 Å². The van der Waals surface area contributed by atoms with E-state index < -0.39 is 0 Å². The van der Waals surface area contributed by atoms with E-state index >= 15 is 0 Å². The predicted molar refractivity (Wildman–Crippen MR) is 120 cm³/mol. The Morgan fingerprint density at radius 2 is 2.13 bits per heavy atom. The summed E-state index contributed by atoms with van der Waals surface area (Å²) < 4.78 is 6.88. The van der Waals surface area contributed by atoms with Crippen LogP contribution in [0.15, 0.2) is 42.9 Å². The number of amides is 1. The fourth-order valence-electron chi connectivity index (χ4n) is 2.82. The molecule has 2 aromatic rings. The first-order valence-electron chi connectivity index (χ1n) is 10.3. The van der Waals surface area contributed by atoms with Gasteiger partial charge in [-0.2, -0.15) is 10.4 Å². The van der Waals surface area contributed by atoms with Gasteiger partial charge in [-0.05, 0) is 37.1 Å². The van der Waals surface area contributed by atoms with Gasteiger partial charge in [0.2, 0.25) is 0 Å². The van der Waals surface area contributed by atoms with Crippen LogP contribution in [0.1, 0.15) is 56.3 Å². The van der Waals surface area contributed by atoms with Crippen molar-refractivity contribution in [3.8, 4) is 6.07 Å². The number of carbonyl (C=O) groups is 1. The Hall–Kier alpha value is -3.11. The van der Waals surface area contributed by atoms with Crippen LogP contribution in [-0.4, -0.2) is 29.4 Å². The standard InChI is InChI=1S/C21H27N5O2.C2H6/c1-5-6-20(18-13-23-26(14-18)9-10-28-4)25-21(27)16(3)24-19-8-7-17(12-22)11-15(19)2;1-2/h7-8,11,13-14,20,24H,3,5-6,9-10H2,1-2,4H3,(H,25,27);1-2H3. The molecule has 30 heavy (non-hydrogen) atoms. The Morgan fingerprint density at radius 1 is 1.40 bits per heavy atom. The fourth-order valence-corrected chi connectivity index (χ4v) is 2.82. The molecule has 2 N–H and O–H groups in total. The zero-order valence-corrected chi connectivity index (χ0v) is 18.7. The zero-order valence-electron chi connectivity index (χ0n) is 18.7. The third kappa shape index (κ3) is 7.37. The Balaban J connectivity index is 0.00000218. The number of methoxy groups -OCH3 is 1. The first-order chi connectivity index (χ1) is 14.5. The van der Waals surface area contributed by atoms with Gasteiger partial charge in [-0.15, -0.1) is 0 Å². The van der Waals surface area contributed by atoms with E-state index in [-0.39, 0.29) is 17.6 Å². The van der Waals surface area contributed by atoms with Crippen LogP contribution < -0.4 is 10.6 Å². The van der Waals surface area contributed by atoms with Gasteiger partial charge in [0, 0.05) is 24.6 Å². The molecule has 0 bridgehead atoms. The minimum absolute atomic E-state index is 0.144. The third-order valence-electron chi connectivity index (χ3n) is 4.38. The number of aromatic nitrogens is 2. The molecule has 1 atom stereocenters. The SMILES string of the molecule is C=C(Nc1ccc(C#N)cc1C)C(=O)NC(CCC)c1cnn(CCOC)c1.CC. The molecular formula is C23H33N5O2. The summed E-state index contributed by atoms with van der Waals surface area (Å²) in [6.07, 6.45) is 5.42. The number of hydrogen-bond donors (Lipinski definition) is 2. The van der Waals surface area contributed by atoms with Crippen molar-refractivity contribution in [2.45, 2.75) is 53.1 Å². The highest BCUT2D eigenvalue weighted by Gasteiger charge is 2.18. The van der Waals surface area contributed by atoms with Crippen molar-refractivity contribution in [2.75, 3.05) is 19.0 Å². The highest BCUT2D eigenvalue weighted by molar-refractivity contribution is 5.96. The second-order valence-electron chi connectivity index (χ2n) is 6.59. The van der Waals surface area contributed by atoms with Crippen molar-refractivity contribution in [1.29, 1.82) is 5.26 Å². The molecule has 1 aromatic heterocycles. The number of aryl methyl sites for hydroxylation is 1. The molecule has 1 aromatic carbocycles. The van der Waals surface area contributed by atoms with Gasteiger partial charge in [-0.3, -0.25) is 9.48 Å². The van der Waals surface area contributed by atoms with Gasteiger partial charge >= 0.3 is 0 Å². The van der Waals surface area contributed by atoms with Gasteiger partial charge in [-0.1, -0.05) is 33.8 Å². The van der Waals surface area contributed by atoms with Crippen molar-refractivity contribution in [1.82, 2.24) is 15.1 Å². The van der Waals surface area contributed by atoms with Crippen LogP contribution in [0.3, 0.4) is 0 Å². The molecular weight excluding hydrogens is 378 g/mol. The van der Waals surface area contributed by atoms with Crippen LogP contribution in [-0.2, 0) is 16.1 Å². The highest BCUT2D eigenvalue weighted by atomic mass is 16.5. The maximum Gasteiger partial charge on any atom is 0.267 e. The second kappa shape index (κ2) is 13.2. The van der Waals surface area contributed by atoms with Crippen LogP contribution in [0.25, 0.3) is 0 Å². The summed E-state index contributed by atoms with van der Waals surface area (Å²) >= 11 is 0. The Kier molecular flexibility index (Phi) is 10.9. The summed E-state index contributed by atoms with van der Waals surface area (Å²) in [5.74, 6) is -0.271. The number of nitriles is 1. The number of hydrogen-bond acceptors (Lipinski definition) is 5. The Morgan fingerprint density at radius 3 is 2.73 bits per heavy atom. The molecule has 0 aliphatic carbocycles. The minimum Gasteiger partial charge on any atom is -0.383 e. The lowest BCUT2D eigenvalue weighted by Gasteiger charge is -2.19. The van der Waals surface area contributed by atoms with Crippen LogP contribution in [0.2, 0.25) is 0 Å². The summed E-state index contributed by atoms with van der Waals surface area (Å²) in [5, 5.41) is 19.4. The molecule has 0 saturated carbocycles. The van der Waals surface area contributed by atoms with Crippen molar-refractivity contribution in [2.24, 2.45) is 0 Å². The summed E-state index contributed by atoms with van der Waals surface area (Å²) in [4.78, 5) is 12.6. The van der Waals surface area contributed by atoms with E-state index in [0.29, 0.717) is 18.7 Å². The number of anilines is 1. The molecule has 0 aliphatic heterocycles. The van der Waals surface area contributed by atoms with Crippen LogP contribution >= 0.6 is 0 Å². The van der Waals surface area contributed by atoms with Gasteiger partial charge in [0.05, 0.1) is 42.7 Å². The van der Waals surface area contributed by atoms with Crippen LogP contribution in [0, 0.1) is 18.3 Å². The van der Waals surface area contributed by atoms with Gasteiger partial charge < -0.3 is 15.4 Å². The number of nitrogens with one attached hydrogen (secondary N) is 2. The van der Waals surface area contributed by atoms with E-state index in [1.165, 1.54) is 0 Å². The van der Waals surface area contributed by atoms with E-state index in [4.69, 9.17) is 10.00 Å². The molecule has 1 amide bonds. The van der Waals surface area contributed by atoms with Crippen molar-refractivity contribution in [3.63, 3.8) is 0 Å². The predicted octanol–water partition coefficient (Wildman–Crippen LogP) is 4.32. The third-order valence-corrected chi connectivity index (χ3v) is 4.38. The largest absolute Gasteiger partial charge is 0.383 e. The summed E-state index contributed by atoms with van der Waals surface area (Å²) in [7, 11) is 1.65. The number of rotatable bonds is 10. The molecule has 1 heterocycles. The monoisotopic (exact) mass is 411 g/mol. The van der Waals surface area contributed by atoms with E-state index in [1.807, 2.05) is 27.0 Å². The minimum atomic E-state index is -0.271. The van der Waals surface area contributed by atoms with Crippen molar-refractivity contribution < 1.29 is 9.53 Å². The summed E-state index contributed by atoms with van der Waals surface area (Å²) in [5.41, 5.74) is 3.40. The van der Waals surface area contributed by atoms with Gasteiger partial charge in [0.15, 0.2) is 0 Å². The molecule has 7 nitrogen and oxygen atoms in total. The first kappa shape index (κ1) is 24.9. The van der Waals surface area contributed by atoms with Crippen molar-refractivity contribution in [3.05, 3.63) is 59.6 Å². The molecule has 0 saturated heterocycles. The fraction of sp³-hybridized carbons (Fsp3) is 0.435. The maximum atomic E-state index is 12.6. The summed E-state index contributed by atoms with van der Waals surface area (Å²) in [6, 6.07) is 7.20. The lowest BCUT2D eigenvalue weighted by Crippen LogP contribution is -2.31. The number of benzene rings is 1. The Labute approximate surface area is 179 Å². The molecule has 0 fully saturated rings.